The predicted octanol–water partition coefficient (Wildman–Crippen LogP) is 0.740. The molecule has 13 heavy (non-hydrogen) atoms. The van der Waals surface area contributed by atoms with Gasteiger partial charge in [-0.3, -0.25) is 0 Å². The molecule has 1 aromatic heterocycles. The van der Waals surface area contributed by atoms with Gasteiger partial charge in [-0.25, -0.2) is 9.37 Å². The zero-order valence-corrected chi connectivity index (χ0v) is 7.04. The summed E-state index contributed by atoms with van der Waals surface area (Å²) in [6, 6.07) is 0.180. The van der Waals surface area contributed by atoms with Crippen LogP contribution in [0.4, 0.5) is 8.78 Å². The number of nitrogens with zero attached hydrogens (tertiary/aromatic N) is 1. The number of aromatic nitrogens is 1. The summed E-state index contributed by atoms with van der Waals surface area (Å²) < 4.78 is 25.5. The highest BCUT2D eigenvalue weighted by Crippen LogP contribution is 2.18. The molecular formula is C8H10F2N2O. The fourth-order valence-electron chi connectivity index (χ4n) is 0.937. The van der Waals surface area contributed by atoms with E-state index in [1.54, 1.807) is 0 Å². The largest absolute Gasteiger partial charge is 0.387 e. The van der Waals surface area contributed by atoms with Gasteiger partial charge < -0.3 is 10.8 Å². The molecule has 0 aliphatic rings. The quantitative estimate of drug-likeness (QED) is 0.673. The Morgan fingerprint density at radius 3 is 2.69 bits per heavy atom. The van der Waals surface area contributed by atoms with Crippen LogP contribution in [0.25, 0.3) is 0 Å². The Hall–Kier alpha value is -1.07. The number of hydrogen-bond acceptors (Lipinski definition) is 3. The Balaban J connectivity index is 3.05. The van der Waals surface area contributed by atoms with Crippen LogP contribution in [0.15, 0.2) is 12.3 Å². The predicted molar refractivity (Wildman–Crippen MR) is 42.8 cm³/mol. The molecule has 0 radical (unpaired) electrons. The summed E-state index contributed by atoms with van der Waals surface area (Å²) in [5.41, 5.74) is 5.16. The van der Waals surface area contributed by atoms with Crippen LogP contribution < -0.4 is 5.73 Å². The maximum absolute atomic E-state index is 12.9. The third-order valence-electron chi connectivity index (χ3n) is 1.67. The van der Waals surface area contributed by atoms with Gasteiger partial charge in [0.05, 0.1) is 12.3 Å². The van der Waals surface area contributed by atoms with E-state index in [4.69, 9.17) is 5.73 Å². The molecule has 2 atom stereocenters. The Labute approximate surface area is 74.2 Å². The van der Waals surface area contributed by atoms with Gasteiger partial charge in [-0.15, -0.1) is 0 Å². The van der Waals surface area contributed by atoms with E-state index in [1.165, 1.54) is 6.92 Å². The van der Waals surface area contributed by atoms with Crippen LogP contribution in [-0.2, 0) is 0 Å². The molecular weight excluding hydrogens is 178 g/mol. The molecule has 1 rings (SSSR count). The fraction of sp³-hybridized carbons (Fsp3) is 0.375. The molecule has 0 amide bonds. The Kier molecular flexibility index (Phi) is 2.90. The lowest BCUT2D eigenvalue weighted by Crippen LogP contribution is -2.25. The van der Waals surface area contributed by atoms with Gasteiger partial charge in [-0.1, -0.05) is 0 Å². The number of rotatable bonds is 2. The Morgan fingerprint density at radius 1 is 1.54 bits per heavy atom. The van der Waals surface area contributed by atoms with Gasteiger partial charge in [0.15, 0.2) is 0 Å². The van der Waals surface area contributed by atoms with E-state index >= 15 is 0 Å². The van der Waals surface area contributed by atoms with Gasteiger partial charge in [-0.05, 0) is 6.92 Å². The highest BCUT2D eigenvalue weighted by atomic mass is 19.1. The van der Waals surface area contributed by atoms with E-state index in [1.807, 2.05) is 0 Å². The molecule has 0 fully saturated rings. The van der Waals surface area contributed by atoms with Gasteiger partial charge in [0.2, 0.25) is 5.95 Å². The second-order valence-electron chi connectivity index (χ2n) is 2.83. The first-order valence-electron chi connectivity index (χ1n) is 3.77. The van der Waals surface area contributed by atoms with Crippen LogP contribution in [-0.4, -0.2) is 16.1 Å². The van der Waals surface area contributed by atoms with E-state index in [9.17, 15) is 13.9 Å². The number of nitrogens with two attached hydrogens (primary N) is 1. The van der Waals surface area contributed by atoms with Crippen LogP contribution in [0.5, 0.6) is 0 Å². The molecule has 5 heteroatoms. The second kappa shape index (κ2) is 3.76. The monoisotopic (exact) mass is 188 g/mol. The van der Waals surface area contributed by atoms with Crippen LogP contribution in [0.2, 0.25) is 0 Å². The van der Waals surface area contributed by atoms with Crippen molar-refractivity contribution in [1.29, 1.82) is 0 Å². The summed E-state index contributed by atoms with van der Waals surface area (Å²) in [5.74, 6) is -1.60. The summed E-state index contributed by atoms with van der Waals surface area (Å²) >= 11 is 0. The number of aliphatic hydroxyl groups excluding tert-OH is 1. The minimum Gasteiger partial charge on any atom is -0.387 e. The molecule has 0 aliphatic carbocycles. The summed E-state index contributed by atoms with van der Waals surface area (Å²) in [5, 5.41) is 9.34. The molecule has 2 unspecified atom stereocenters. The minimum absolute atomic E-state index is 0.164. The highest BCUT2D eigenvalue weighted by molar-refractivity contribution is 5.17. The van der Waals surface area contributed by atoms with Gasteiger partial charge in [-0.2, -0.15) is 4.39 Å². The third kappa shape index (κ3) is 2.19. The Morgan fingerprint density at radius 2 is 2.15 bits per heavy atom. The highest BCUT2D eigenvalue weighted by Gasteiger charge is 2.17. The first-order valence-corrected chi connectivity index (χ1v) is 3.77. The molecule has 0 saturated heterocycles. The van der Waals surface area contributed by atoms with Gasteiger partial charge in [0, 0.05) is 17.7 Å². The van der Waals surface area contributed by atoms with Crippen LogP contribution >= 0.6 is 0 Å². The molecule has 0 aromatic carbocycles. The molecule has 72 valence electrons. The Bertz CT molecular complexity index is 304. The summed E-state index contributed by atoms with van der Waals surface area (Å²) in [4.78, 5) is 3.09. The lowest BCUT2D eigenvalue weighted by Gasteiger charge is -2.14. The second-order valence-corrected chi connectivity index (χ2v) is 2.83. The van der Waals surface area contributed by atoms with Crippen molar-refractivity contribution in [3.8, 4) is 0 Å². The van der Waals surface area contributed by atoms with E-state index < -0.39 is 23.9 Å². The standard InChI is InChI=1S/C8H10F2N2O/c1-4(11)8(13)5-2-7(10)12-3-6(5)9/h2-4,8,13H,11H2,1H3. The first kappa shape index (κ1) is 10.0. The molecule has 3 N–H and O–H groups in total. The average molecular weight is 188 g/mol. The number of aliphatic hydroxyl groups is 1. The van der Waals surface area contributed by atoms with Crippen molar-refractivity contribution in [2.45, 2.75) is 19.1 Å². The lowest BCUT2D eigenvalue weighted by atomic mass is 10.1. The molecule has 1 heterocycles. The third-order valence-corrected chi connectivity index (χ3v) is 1.67. The van der Waals surface area contributed by atoms with E-state index in [0.29, 0.717) is 0 Å². The van der Waals surface area contributed by atoms with Crippen molar-refractivity contribution in [1.82, 2.24) is 4.98 Å². The summed E-state index contributed by atoms with van der Waals surface area (Å²) in [6.45, 7) is 1.50. The van der Waals surface area contributed by atoms with Crippen LogP contribution in [0.1, 0.15) is 18.6 Å². The summed E-state index contributed by atoms with van der Waals surface area (Å²) in [7, 11) is 0. The number of pyridine rings is 1. The first-order chi connectivity index (χ1) is 6.02. The lowest BCUT2D eigenvalue weighted by molar-refractivity contribution is 0.148. The SMILES string of the molecule is CC(N)C(O)c1cc(F)ncc1F. The van der Waals surface area contributed by atoms with Gasteiger partial charge >= 0.3 is 0 Å². The fourth-order valence-corrected chi connectivity index (χ4v) is 0.937. The van der Waals surface area contributed by atoms with Crippen LogP contribution in [0, 0.1) is 11.8 Å². The van der Waals surface area contributed by atoms with E-state index in [2.05, 4.69) is 4.98 Å². The van der Waals surface area contributed by atoms with Crippen molar-refractivity contribution >= 4 is 0 Å². The van der Waals surface area contributed by atoms with Crippen molar-refractivity contribution in [2.24, 2.45) is 5.73 Å². The maximum Gasteiger partial charge on any atom is 0.213 e. The van der Waals surface area contributed by atoms with Crippen molar-refractivity contribution in [2.75, 3.05) is 0 Å². The zero-order chi connectivity index (χ0) is 10.0. The minimum atomic E-state index is -1.21. The maximum atomic E-state index is 12.9. The van der Waals surface area contributed by atoms with E-state index in [-0.39, 0.29) is 5.56 Å². The normalized spacial score (nSPS) is 15.5. The molecule has 0 spiro atoms. The van der Waals surface area contributed by atoms with Gasteiger partial charge in [0.25, 0.3) is 0 Å². The van der Waals surface area contributed by atoms with Gasteiger partial charge in [0.1, 0.15) is 5.82 Å². The number of halogens is 2. The molecule has 0 saturated carbocycles. The molecule has 0 bridgehead atoms. The molecule has 1 aromatic rings. The number of hydrogen-bond donors (Lipinski definition) is 2. The van der Waals surface area contributed by atoms with Crippen molar-refractivity contribution in [3.63, 3.8) is 0 Å². The molecule has 3 nitrogen and oxygen atoms in total. The molecule has 0 aliphatic heterocycles. The van der Waals surface area contributed by atoms with Crippen molar-refractivity contribution < 1.29 is 13.9 Å². The van der Waals surface area contributed by atoms with E-state index in [0.717, 1.165) is 12.3 Å². The zero-order valence-electron chi connectivity index (χ0n) is 7.04. The summed E-state index contributed by atoms with van der Waals surface area (Å²) in [6.07, 6.45) is -0.492. The van der Waals surface area contributed by atoms with Crippen LogP contribution in [0.3, 0.4) is 0 Å². The average Bonchev–Trinajstić information content (AvgIpc) is 2.08. The van der Waals surface area contributed by atoms with Crippen molar-refractivity contribution in [3.05, 3.63) is 29.6 Å². The smallest absolute Gasteiger partial charge is 0.213 e. The topological polar surface area (TPSA) is 59.1 Å².